The highest BCUT2D eigenvalue weighted by atomic mass is 19.1. The Bertz CT molecular complexity index is 912. The molecule has 3 rings (SSSR count). The second-order valence-corrected chi connectivity index (χ2v) is 5.46. The van der Waals surface area contributed by atoms with Crippen molar-refractivity contribution in [3.63, 3.8) is 0 Å². The summed E-state index contributed by atoms with van der Waals surface area (Å²) >= 11 is 0. The van der Waals surface area contributed by atoms with Crippen molar-refractivity contribution >= 4 is 29.0 Å². The minimum atomic E-state index is -0.503. The molecule has 6 heteroatoms. The predicted molar refractivity (Wildman–Crippen MR) is 99.9 cm³/mol. The van der Waals surface area contributed by atoms with Gasteiger partial charge in [0.15, 0.2) is 0 Å². The highest BCUT2D eigenvalue weighted by molar-refractivity contribution is 6.05. The van der Waals surface area contributed by atoms with Crippen molar-refractivity contribution in [2.45, 2.75) is 0 Å². The molecule has 0 spiro atoms. The molecule has 0 radical (unpaired) electrons. The van der Waals surface area contributed by atoms with Crippen LogP contribution in [0.15, 0.2) is 78.9 Å². The summed E-state index contributed by atoms with van der Waals surface area (Å²) in [6.07, 6.45) is 0. The number of carbonyl (C=O) groups is 2. The van der Waals surface area contributed by atoms with Crippen LogP contribution in [-0.4, -0.2) is 11.9 Å². The fourth-order valence-corrected chi connectivity index (χ4v) is 2.28. The molecule has 0 aliphatic carbocycles. The topological polar surface area (TPSA) is 70.2 Å². The third kappa shape index (κ3) is 4.45. The minimum absolute atomic E-state index is 0.113. The molecule has 5 nitrogen and oxygen atoms in total. The second-order valence-electron chi connectivity index (χ2n) is 5.46. The summed E-state index contributed by atoms with van der Waals surface area (Å²) in [5.74, 6) is -0.938. The first-order valence-corrected chi connectivity index (χ1v) is 7.91. The van der Waals surface area contributed by atoms with Crippen LogP contribution in [0.25, 0.3) is 0 Å². The summed E-state index contributed by atoms with van der Waals surface area (Å²) < 4.78 is 13.6. The van der Waals surface area contributed by atoms with E-state index in [0.29, 0.717) is 16.9 Å². The van der Waals surface area contributed by atoms with Gasteiger partial charge in [0.1, 0.15) is 5.82 Å². The Labute approximate surface area is 149 Å². The molecule has 130 valence electrons. The van der Waals surface area contributed by atoms with E-state index in [1.165, 1.54) is 12.1 Å². The molecule has 3 aromatic carbocycles. The van der Waals surface area contributed by atoms with Crippen molar-refractivity contribution in [3.05, 3.63) is 90.2 Å². The molecule has 0 bridgehead atoms. The monoisotopic (exact) mass is 349 g/mol. The van der Waals surface area contributed by atoms with Gasteiger partial charge in [-0.3, -0.25) is 4.79 Å². The number of hydrogen-bond donors (Lipinski definition) is 3. The maximum absolute atomic E-state index is 13.6. The molecule has 0 aliphatic heterocycles. The first kappa shape index (κ1) is 17.2. The van der Waals surface area contributed by atoms with Crippen LogP contribution < -0.4 is 16.0 Å². The molecule has 0 aromatic heterocycles. The van der Waals surface area contributed by atoms with Gasteiger partial charge in [0.2, 0.25) is 0 Å². The van der Waals surface area contributed by atoms with E-state index < -0.39 is 11.7 Å². The summed E-state index contributed by atoms with van der Waals surface area (Å²) in [5, 5.41) is 7.88. The van der Waals surface area contributed by atoms with Crippen LogP contribution >= 0.6 is 0 Å². The molecule has 0 unspecified atom stereocenters. The maximum Gasteiger partial charge on any atom is 0.323 e. The van der Waals surface area contributed by atoms with Crippen LogP contribution in [0.2, 0.25) is 0 Å². The standard InChI is InChI=1S/C20H16FN3O2/c21-17-8-4-5-9-18(17)24-19(25)14-10-12-16(13-11-14)23-20(26)22-15-6-2-1-3-7-15/h1-13H,(H,24,25)(H2,22,23,26). The van der Waals surface area contributed by atoms with E-state index in [4.69, 9.17) is 0 Å². The number of para-hydroxylation sites is 2. The molecular weight excluding hydrogens is 333 g/mol. The number of benzene rings is 3. The molecule has 3 aromatic rings. The van der Waals surface area contributed by atoms with Crippen LogP contribution in [0.5, 0.6) is 0 Å². The first-order valence-electron chi connectivity index (χ1n) is 7.91. The number of rotatable bonds is 4. The van der Waals surface area contributed by atoms with E-state index in [0.717, 1.165) is 0 Å². The van der Waals surface area contributed by atoms with Crippen LogP contribution in [0.4, 0.5) is 26.2 Å². The third-order valence-corrected chi connectivity index (χ3v) is 3.56. The zero-order valence-corrected chi connectivity index (χ0v) is 13.7. The number of amides is 3. The van der Waals surface area contributed by atoms with Crippen molar-refractivity contribution in [2.75, 3.05) is 16.0 Å². The van der Waals surface area contributed by atoms with E-state index in [9.17, 15) is 14.0 Å². The van der Waals surface area contributed by atoms with Gasteiger partial charge >= 0.3 is 6.03 Å². The van der Waals surface area contributed by atoms with Crippen molar-refractivity contribution in [1.82, 2.24) is 0 Å². The number of halogens is 1. The van der Waals surface area contributed by atoms with Crippen molar-refractivity contribution < 1.29 is 14.0 Å². The quantitative estimate of drug-likeness (QED) is 0.638. The van der Waals surface area contributed by atoms with Crippen LogP contribution in [0.1, 0.15) is 10.4 Å². The molecule has 3 N–H and O–H groups in total. The van der Waals surface area contributed by atoms with Crippen molar-refractivity contribution in [1.29, 1.82) is 0 Å². The summed E-state index contributed by atoms with van der Waals surface area (Å²) in [6, 6.07) is 20.9. The van der Waals surface area contributed by atoms with E-state index >= 15 is 0 Å². The SMILES string of the molecule is O=C(Nc1ccccc1)Nc1ccc(C(=O)Nc2ccccc2F)cc1. The average Bonchev–Trinajstić information content (AvgIpc) is 2.65. The lowest BCUT2D eigenvalue weighted by atomic mass is 10.2. The summed E-state index contributed by atoms with van der Waals surface area (Å²) in [5.41, 5.74) is 1.66. The maximum atomic E-state index is 13.6. The van der Waals surface area contributed by atoms with Crippen molar-refractivity contribution in [3.8, 4) is 0 Å². The number of urea groups is 1. The largest absolute Gasteiger partial charge is 0.323 e. The van der Waals surface area contributed by atoms with E-state index in [2.05, 4.69) is 16.0 Å². The van der Waals surface area contributed by atoms with Crippen LogP contribution in [0.3, 0.4) is 0 Å². The lowest BCUT2D eigenvalue weighted by Crippen LogP contribution is -2.19. The Morgan fingerprint density at radius 1 is 0.654 bits per heavy atom. The van der Waals surface area contributed by atoms with Gasteiger partial charge in [0.25, 0.3) is 5.91 Å². The number of hydrogen-bond acceptors (Lipinski definition) is 2. The normalized spacial score (nSPS) is 10.0. The lowest BCUT2D eigenvalue weighted by molar-refractivity contribution is 0.102. The number of carbonyl (C=O) groups excluding carboxylic acids is 2. The smallest absolute Gasteiger partial charge is 0.319 e. The fraction of sp³-hybridized carbons (Fsp3) is 0. The number of nitrogens with one attached hydrogen (secondary N) is 3. The minimum Gasteiger partial charge on any atom is -0.319 e. The van der Waals surface area contributed by atoms with Crippen molar-refractivity contribution in [2.24, 2.45) is 0 Å². The average molecular weight is 349 g/mol. The zero-order valence-electron chi connectivity index (χ0n) is 13.7. The predicted octanol–water partition coefficient (Wildman–Crippen LogP) is 4.72. The van der Waals surface area contributed by atoms with Gasteiger partial charge < -0.3 is 16.0 Å². The molecule has 0 aliphatic rings. The summed E-state index contributed by atoms with van der Waals surface area (Å²) in [6.45, 7) is 0. The zero-order chi connectivity index (χ0) is 18.4. The Kier molecular flexibility index (Phi) is 5.24. The van der Waals surface area contributed by atoms with Gasteiger partial charge in [-0.25, -0.2) is 9.18 Å². The van der Waals surface area contributed by atoms with Gasteiger partial charge in [0.05, 0.1) is 5.69 Å². The lowest BCUT2D eigenvalue weighted by Gasteiger charge is -2.09. The highest BCUT2D eigenvalue weighted by Crippen LogP contribution is 2.16. The molecule has 0 fully saturated rings. The molecule has 3 amide bonds. The molecule has 0 saturated heterocycles. The van der Waals surface area contributed by atoms with Gasteiger partial charge in [-0.1, -0.05) is 30.3 Å². The summed E-state index contributed by atoms with van der Waals surface area (Å²) in [7, 11) is 0. The summed E-state index contributed by atoms with van der Waals surface area (Å²) in [4.78, 5) is 24.1. The Morgan fingerprint density at radius 3 is 1.88 bits per heavy atom. The Morgan fingerprint density at radius 2 is 1.23 bits per heavy atom. The van der Waals surface area contributed by atoms with Gasteiger partial charge in [0, 0.05) is 16.9 Å². The number of anilines is 3. The second kappa shape index (κ2) is 7.94. The molecule has 0 saturated carbocycles. The fourth-order valence-electron chi connectivity index (χ4n) is 2.28. The van der Waals surface area contributed by atoms with E-state index in [1.54, 1.807) is 48.5 Å². The van der Waals surface area contributed by atoms with Crippen LogP contribution in [-0.2, 0) is 0 Å². The van der Waals surface area contributed by atoms with Gasteiger partial charge in [-0.2, -0.15) is 0 Å². The van der Waals surface area contributed by atoms with Gasteiger partial charge in [-0.15, -0.1) is 0 Å². The Hall–Kier alpha value is -3.67. The molecule has 0 heterocycles. The first-order chi connectivity index (χ1) is 12.6. The van der Waals surface area contributed by atoms with Gasteiger partial charge in [-0.05, 0) is 48.5 Å². The van der Waals surface area contributed by atoms with Crippen LogP contribution in [0, 0.1) is 5.82 Å². The highest BCUT2D eigenvalue weighted by Gasteiger charge is 2.09. The molecular formula is C20H16FN3O2. The third-order valence-electron chi connectivity index (χ3n) is 3.56. The van der Waals surface area contributed by atoms with E-state index in [1.807, 2.05) is 18.2 Å². The molecule has 0 atom stereocenters. The molecule has 26 heavy (non-hydrogen) atoms. The van der Waals surface area contributed by atoms with E-state index in [-0.39, 0.29) is 11.7 Å². The Balaban J connectivity index is 1.60.